The first kappa shape index (κ1) is 15.3. The molecule has 2 N–H and O–H groups in total. The Morgan fingerprint density at radius 3 is 2.68 bits per heavy atom. The fraction of sp³-hybridized carbons (Fsp3) is 0.167. The van der Waals surface area contributed by atoms with Gasteiger partial charge in [-0.15, -0.1) is 0 Å². The van der Waals surface area contributed by atoms with E-state index in [2.05, 4.69) is 5.10 Å². The number of carbonyl (C=O) groups excluding carboxylic acids is 1. The van der Waals surface area contributed by atoms with Gasteiger partial charge in [-0.25, -0.2) is 0 Å². The van der Waals surface area contributed by atoms with Crippen molar-refractivity contribution in [2.45, 2.75) is 12.7 Å². The molecule has 2 rings (SSSR count). The van der Waals surface area contributed by atoms with E-state index in [0.29, 0.717) is 15.3 Å². The van der Waals surface area contributed by atoms with Gasteiger partial charge >= 0.3 is 6.18 Å². The lowest BCUT2D eigenvalue weighted by atomic mass is 10.2. The molecule has 2 aromatic rings. The number of nitrogens with zero attached hydrogens (tertiary/aromatic N) is 4. The average molecular weight is 311 g/mol. The van der Waals surface area contributed by atoms with Crippen LogP contribution in [0.4, 0.5) is 19.0 Å². The molecule has 0 saturated heterocycles. The van der Waals surface area contributed by atoms with Gasteiger partial charge in [-0.1, -0.05) is 0 Å². The maximum Gasteiger partial charge on any atom is 0.421 e. The summed E-state index contributed by atoms with van der Waals surface area (Å²) in [5.74, 6) is -1.09. The minimum absolute atomic E-state index is 0.0512. The number of nitriles is 1. The summed E-state index contributed by atoms with van der Waals surface area (Å²) in [6.07, 6.45) is -2.73. The van der Waals surface area contributed by atoms with E-state index < -0.39 is 29.8 Å². The van der Waals surface area contributed by atoms with Gasteiger partial charge < -0.3 is 10.3 Å². The highest BCUT2D eigenvalue weighted by atomic mass is 19.4. The Morgan fingerprint density at radius 2 is 2.14 bits per heavy atom. The Balaban J connectivity index is 2.36. The summed E-state index contributed by atoms with van der Waals surface area (Å²) >= 11 is 0. The van der Waals surface area contributed by atoms with Crippen molar-refractivity contribution in [1.82, 2.24) is 14.3 Å². The third-order valence-electron chi connectivity index (χ3n) is 2.79. The standard InChI is InChI=1S/C12H8F3N5O2/c13-12(14,15)8-2-1-3-19(11(8)22)6-9(21)20-10(17)7(4-16)5-18-20/h1-3,5H,6,17H2. The van der Waals surface area contributed by atoms with Crippen LogP contribution in [0.15, 0.2) is 29.3 Å². The van der Waals surface area contributed by atoms with E-state index in [1.165, 1.54) is 0 Å². The van der Waals surface area contributed by atoms with Crippen molar-refractivity contribution in [3.63, 3.8) is 0 Å². The first-order valence-electron chi connectivity index (χ1n) is 5.79. The summed E-state index contributed by atoms with van der Waals surface area (Å²) in [7, 11) is 0. The monoisotopic (exact) mass is 311 g/mol. The van der Waals surface area contributed by atoms with Crippen LogP contribution in [0.3, 0.4) is 0 Å². The molecule has 0 aliphatic rings. The van der Waals surface area contributed by atoms with E-state index >= 15 is 0 Å². The van der Waals surface area contributed by atoms with Crippen LogP contribution in [0.25, 0.3) is 0 Å². The van der Waals surface area contributed by atoms with E-state index in [0.717, 1.165) is 18.5 Å². The Morgan fingerprint density at radius 1 is 1.45 bits per heavy atom. The predicted molar refractivity (Wildman–Crippen MR) is 67.7 cm³/mol. The quantitative estimate of drug-likeness (QED) is 0.885. The second kappa shape index (κ2) is 5.36. The van der Waals surface area contributed by atoms with Crippen LogP contribution in [-0.2, 0) is 12.7 Å². The number of anilines is 1. The number of alkyl halides is 3. The summed E-state index contributed by atoms with van der Waals surface area (Å²) in [6.45, 7) is -0.695. The predicted octanol–water partition coefficient (Wildman–Crippen LogP) is 0.858. The SMILES string of the molecule is N#Cc1cnn(C(=O)Cn2cccc(C(F)(F)F)c2=O)c1N. The molecule has 0 amide bonds. The first-order chi connectivity index (χ1) is 10.3. The number of nitrogens with two attached hydrogens (primary N) is 1. The molecule has 0 atom stereocenters. The summed E-state index contributed by atoms with van der Waals surface area (Å²) < 4.78 is 39.1. The van der Waals surface area contributed by atoms with Crippen LogP contribution < -0.4 is 11.3 Å². The molecule has 7 nitrogen and oxygen atoms in total. The van der Waals surface area contributed by atoms with E-state index in [1.807, 2.05) is 0 Å². The van der Waals surface area contributed by atoms with Gasteiger partial charge in [0.2, 0.25) is 0 Å². The second-order valence-corrected chi connectivity index (χ2v) is 4.21. The van der Waals surface area contributed by atoms with E-state index in [-0.39, 0.29) is 11.4 Å². The topological polar surface area (TPSA) is 107 Å². The highest BCUT2D eigenvalue weighted by Crippen LogP contribution is 2.25. The van der Waals surface area contributed by atoms with Gasteiger partial charge in [0.15, 0.2) is 0 Å². The molecule has 0 bridgehead atoms. The van der Waals surface area contributed by atoms with Gasteiger partial charge in [0.1, 0.15) is 29.6 Å². The van der Waals surface area contributed by atoms with Crippen LogP contribution in [-0.4, -0.2) is 20.3 Å². The molecule has 0 radical (unpaired) electrons. The Labute approximate surface area is 121 Å². The zero-order valence-corrected chi connectivity index (χ0v) is 10.8. The Hall–Kier alpha value is -3.09. The zero-order valence-electron chi connectivity index (χ0n) is 10.8. The van der Waals surface area contributed by atoms with E-state index in [1.54, 1.807) is 6.07 Å². The molecule has 0 aromatic carbocycles. The molecule has 0 saturated carbocycles. The molecule has 0 aliphatic heterocycles. The number of halogens is 3. The molecular formula is C12H8F3N5O2. The summed E-state index contributed by atoms with van der Waals surface area (Å²) in [6, 6.07) is 3.33. The van der Waals surface area contributed by atoms with Gasteiger partial charge in [-0.05, 0) is 12.1 Å². The molecule has 22 heavy (non-hydrogen) atoms. The number of hydrogen-bond donors (Lipinski definition) is 1. The van der Waals surface area contributed by atoms with Gasteiger partial charge in [-0.2, -0.15) is 28.2 Å². The molecule has 0 fully saturated rings. The van der Waals surface area contributed by atoms with E-state index in [9.17, 15) is 22.8 Å². The van der Waals surface area contributed by atoms with Crippen LogP contribution in [0.2, 0.25) is 0 Å². The molecule has 114 valence electrons. The van der Waals surface area contributed by atoms with Crippen molar-refractivity contribution in [1.29, 1.82) is 5.26 Å². The minimum atomic E-state index is -4.82. The highest BCUT2D eigenvalue weighted by Gasteiger charge is 2.34. The summed E-state index contributed by atoms with van der Waals surface area (Å²) in [5, 5.41) is 12.3. The number of nitrogen functional groups attached to an aromatic ring is 1. The first-order valence-corrected chi connectivity index (χ1v) is 5.79. The van der Waals surface area contributed by atoms with Crippen molar-refractivity contribution in [3.05, 3.63) is 46.0 Å². The number of carbonyl (C=O) groups is 1. The van der Waals surface area contributed by atoms with Crippen LogP contribution in [0.5, 0.6) is 0 Å². The summed E-state index contributed by atoms with van der Waals surface area (Å²) in [5.41, 5.74) is 2.71. The van der Waals surface area contributed by atoms with Crippen LogP contribution in [0, 0.1) is 11.3 Å². The summed E-state index contributed by atoms with van der Waals surface area (Å²) in [4.78, 5) is 23.7. The van der Waals surface area contributed by atoms with Crippen molar-refractivity contribution in [2.75, 3.05) is 5.73 Å². The lowest BCUT2D eigenvalue weighted by molar-refractivity contribution is -0.139. The lowest BCUT2D eigenvalue weighted by Gasteiger charge is -2.10. The largest absolute Gasteiger partial charge is 0.421 e. The smallest absolute Gasteiger partial charge is 0.382 e. The van der Waals surface area contributed by atoms with Gasteiger partial charge in [-0.3, -0.25) is 9.59 Å². The third-order valence-corrected chi connectivity index (χ3v) is 2.79. The molecule has 2 aromatic heterocycles. The molecule has 0 spiro atoms. The number of rotatable bonds is 2. The van der Waals surface area contributed by atoms with Gasteiger partial charge in [0.25, 0.3) is 11.5 Å². The molecular weight excluding hydrogens is 303 g/mol. The zero-order chi connectivity index (χ0) is 16.5. The minimum Gasteiger partial charge on any atom is -0.382 e. The highest BCUT2D eigenvalue weighted by molar-refractivity contribution is 5.81. The fourth-order valence-electron chi connectivity index (χ4n) is 1.73. The molecule has 0 unspecified atom stereocenters. The fourth-order valence-corrected chi connectivity index (χ4v) is 1.73. The Kier molecular flexibility index (Phi) is 3.73. The van der Waals surface area contributed by atoms with Crippen molar-refractivity contribution >= 4 is 11.7 Å². The average Bonchev–Trinajstić information content (AvgIpc) is 2.80. The maximum absolute atomic E-state index is 12.6. The molecule has 2 heterocycles. The van der Waals surface area contributed by atoms with Crippen molar-refractivity contribution < 1.29 is 18.0 Å². The second-order valence-electron chi connectivity index (χ2n) is 4.21. The van der Waals surface area contributed by atoms with Crippen LogP contribution >= 0.6 is 0 Å². The number of hydrogen-bond acceptors (Lipinski definition) is 5. The third kappa shape index (κ3) is 2.69. The normalized spacial score (nSPS) is 11.2. The van der Waals surface area contributed by atoms with Crippen molar-refractivity contribution in [2.24, 2.45) is 0 Å². The molecule has 10 heteroatoms. The van der Waals surface area contributed by atoms with E-state index in [4.69, 9.17) is 11.0 Å². The lowest BCUT2D eigenvalue weighted by Crippen LogP contribution is -2.32. The number of pyridine rings is 1. The van der Waals surface area contributed by atoms with Gasteiger partial charge in [0, 0.05) is 6.20 Å². The number of aromatic nitrogens is 3. The van der Waals surface area contributed by atoms with Crippen molar-refractivity contribution in [3.8, 4) is 6.07 Å². The Bertz CT molecular complexity index is 829. The van der Waals surface area contributed by atoms with Crippen LogP contribution in [0.1, 0.15) is 15.9 Å². The maximum atomic E-state index is 12.6. The van der Waals surface area contributed by atoms with Gasteiger partial charge in [0.05, 0.1) is 6.20 Å². The molecule has 0 aliphatic carbocycles.